The van der Waals surface area contributed by atoms with Gasteiger partial charge in [0.1, 0.15) is 0 Å². The van der Waals surface area contributed by atoms with Gasteiger partial charge in [0.05, 0.1) is 39.5 Å². The molecule has 2 aliphatic rings. The first-order chi connectivity index (χ1) is 43.8. The van der Waals surface area contributed by atoms with Gasteiger partial charge >= 0.3 is 0 Å². The average Bonchev–Trinajstić information content (AvgIpc) is 1.49. The summed E-state index contributed by atoms with van der Waals surface area (Å²) in [5.74, 6) is -0.819. The molecule has 0 amide bonds. The first kappa shape index (κ1) is 53.5. The number of anilines is 9. The van der Waals surface area contributed by atoms with Crippen molar-refractivity contribution in [2.24, 2.45) is 0 Å². The van der Waals surface area contributed by atoms with Crippen LogP contribution in [-0.4, -0.2) is 0 Å². The van der Waals surface area contributed by atoms with Crippen LogP contribution in [0.4, 0.5) is 60.0 Å². The Bertz CT molecular complexity index is 5120. The fourth-order valence-electron chi connectivity index (χ4n) is 15.0. The van der Waals surface area contributed by atoms with E-state index in [2.05, 4.69) is 269 Å². The van der Waals surface area contributed by atoms with Crippen LogP contribution in [0.15, 0.2) is 270 Å². The smallest absolute Gasteiger partial charge is 0.171 e. The van der Waals surface area contributed by atoms with Crippen LogP contribution >= 0.6 is 0 Å². The zero-order valence-corrected chi connectivity index (χ0v) is 50.7. The minimum Gasteiger partial charge on any atom is -0.451 e. The summed E-state index contributed by atoms with van der Waals surface area (Å²) in [5, 5.41) is 7.28. The van der Waals surface area contributed by atoms with Crippen LogP contribution in [0.1, 0.15) is 74.9 Å². The average molecular weight is 1170 g/mol. The molecule has 17 rings (SSSR count). The molecule has 7 heteroatoms. The van der Waals surface area contributed by atoms with Gasteiger partial charge < -0.3 is 23.5 Å². The summed E-state index contributed by atoms with van der Waals surface area (Å²) in [6.07, 6.45) is 0. The molecule has 0 bridgehead atoms. The van der Waals surface area contributed by atoms with E-state index in [0.717, 1.165) is 117 Å². The van der Waals surface area contributed by atoms with Gasteiger partial charge in [-0.15, -0.1) is 0 Å². The summed E-state index contributed by atoms with van der Waals surface area (Å²) in [5.41, 5.74) is 17.9. The van der Waals surface area contributed by atoms with E-state index >= 15 is 8.78 Å². The molecule has 1 aliphatic heterocycles. The Labute approximate surface area is 520 Å². The standard InChI is InChI=1S/C83H61F2N3O2/c1-81(2,3)50-40-44-53(45-41-50)87(71-38-20-30-61-59-28-18-34-67(84)77(59)89-79(61)71)73-48-65-75(57-26-12-10-24-55(57)73)76-58-27-13-11-25-56(58)74(49-66(76)83(65)63-32-14-16-36-69(63)86(52-22-8-7-9-23-52)70-37-17-15-33-64(70)83)88(54-46-42-51(43-47-54)82(4,5)6)72-39-21-31-62-60-29-19-35-68(85)78(60)90-80(62)72/h7-49H,1-6H3. The van der Waals surface area contributed by atoms with Crippen LogP contribution < -0.4 is 14.7 Å². The van der Waals surface area contributed by atoms with Crippen molar-refractivity contribution in [3.63, 3.8) is 0 Å². The van der Waals surface area contributed by atoms with Gasteiger partial charge in [-0.1, -0.05) is 217 Å². The topological polar surface area (TPSA) is 36.0 Å². The Morgan fingerprint density at radius 1 is 0.322 bits per heavy atom. The molecule has 13 aromatic carbocycles. The normalized spacial score (nSPS) is 13.4. The molecule has 3 heterocycles. The number of halogens is 2. The van der Waals surface area contributed by atoms with E-state index in [4.69, 9.17) is 8.83 Å². The predicted molar refractivity (Wildman–Crippen MR) is 368 cm³/mol. The van der Waals surface area contributed by atoms with Gasteiger partial charge in [0.15, 0.2) is 34.0 Å². The third-order valence-corrected chi connectivity index (χ3v) is 19.1. The first-order valence-electron chi connectivity index (χ1n) is 31.0. The lowest BCUT2D eigenvalue weighted by atomic mass is 9.64. The zero-order chi connectivity index (χ0) is 60.9. The van der Waals surface area contributed by atoms with Crippen LogP contribution in [0.2, 0.25) is 0 Å². The quantitative estimate of drug-likeness (QED) is 0.159. The van der Waals surface area contributed by atoms with Gasteiger partial charge in [0.25, 0.3) is 0 Å². The van der Waals surface area contributed by atoms with Crippen molar-refractivity contribution in [2.75, 3.05) is 14.7 Å². The van der Waals surface area contributed by atoms with Crippen LogP contribution in [0.5, 0.6) is 0 Å². The number of rotatable bonds is 7. The van der Waals surface area contributed by atoms with Crippen molar-refractivity contribution in [1.29, 1.82) is 0 Å². The summed E-state index contributed by atoms with van der Waals surface area (Å²) >= 11 is 0. The second-order valence-corrected chi connectivity index (χ2v) is 26.2. The number of benzene rings is 13. The Kier molecular flexibility index (Phi) is 11.7. The highest BCUT2D eigenvalue weighted by Crippen LogP contribution is 2.67. The number of hydrogen-bond acceptors (Lipinski definition) is 5. The van der Waals surface area contributed by atoms with Gasteiger partial charge in [-0.05, 0) is 151 Å². The third-order valence-electron chi connectivity index (χ3n) is 19.1. The van der Waals surface area contributed by atoms with Crippen molar-refractivity contribution >= 4 is 117 Å². The second-order valence-electron chi connectivity index (χ2n) is 26.2. The fraction of sp³-hybridized carbons (Fsp3) is 0.108. The molecular weight excluding hydrogens is 1110 g/mol. The Morgan fingerprint density at radius 3 is 1.10 bits per heavy atom. The largest absolute Gasteiger partial charge is 0.451 e. The molecule has 90 heavy (non-hydrogen) atoms. The van der Waals surface area contributed by atoms with Crippen LogP contribution in [0.3, 0.4) is 0 Å². The second kappa shape index (κ2) is 19.6. The van der Waals surface area contributed by atoms with Crippen molar-refractivity contribution in [1.82, 2.24) is 0 Å². The lowest BCUT2D eigenvalue weighted by Crippen LogP contribution is -2.36. The Hall–Kier alpha value is -10.8. The van der Waals surface area contributed by atoms with E-state index in [1.165, 1.54) is 23.3 Å². The molecule has 0 fully saturated rings. The van der Waals surface area contributed by atoms with Crippen molar-refractivity contribution in [3.8, 4) is 11.1 Å². The van der Waals surface area contributed by atoms with E-state index < -0.39 is 17.0 Å². The van der Waals surface area contributed by atoms with E-state index in [1.807, 2.05) is 24.3 Å². The zero-order valence-electron chi connectivity index (χ0n) is 50.7. The summed E-state index contributed by atoms with van der Waals surface area (Å²) in [6, 6.07) is 91.8. The molecule has 0 atom stereocenters. The van der Waals surface area contributed by atoms with Gasteiger partial charge in [-0.2, -0.15) is 0 Å². The maximum absolute atomic E-state index is 16.1. The summed E-state index contributed by atoms with van der Waals surface area (Å²) in [6.45, 7) is 13.4. The summed E-state index contributed by atoms with van der Waals surface area (Å²) in [7, 11) is 0. The van der Waals surface area contributed by atoms with Crippen molar-refractivity contribution in [2.45, 2.75) is 57.8 Å². The molecule has 1 aliphatic carbocycles. The molecule has 15 aromatic rings. The summed E-state index contributed by atoms with van der Waals surface area (Å²) < 4.78 is 45.7. The monoisotopic (exact) mass is 1170 g/mol. The minimum absolute atomic E-state index is 0.114. The highest BCUT2D eigenvalue weighted by Gasteiger charge is 2.54. The SMILES string of the molecule is CC(C)(C)c1ccc(N(c2cc3c(c4ccccc24)-c2c(cc(N(c4ccc(C(C)(C)C)cc4)c4cccc5c4oc4c(F)cccc45)c4ccccc24)C32c3ccccc3N(c3ccccc3)c3ccccc32)c2cccc3c2oc2c(F)cccc23)cc1. The fourth-order valence-corrected chi connectivity index (χ4v) is 15.0. The number of para-hydroxylation sites is 7. The van der Waals surface area contributed by atoms with Gasteiger partial charge in [0, 0.05) is 49.4 Å². The van der Waals surface area contributed by atoms with Gasteiger partial charge in [-0.3, -0.25) is 0 Å². The first-order valence-corrected chi connectivity index (χ1v) is 31.0. The van der Waals surface area contributed by atoms with E-state index in [0.29, 0.717) is 21.9 Å². The lowest BCUT2D eigenvalue weighted by Gasteiger charge is -2.45. The minimum atomic E-state index is -1.01. The lowest BCUT2D eigenvalue weighted by molar-refractivity contribution is 0.584. The molecule has 0 saturated carbocycles. The van der Waals surface area contributed by atoms with E-state index in [9.17, 15) is 0 Å². The third kappa shape index (κ3) is 7.71. The molecule has 5 nitrogen and oxygen atoms in total. The van der Waals surface area contributed by atoms with Crippen LogP contribution in [-0.2, 0) is 16.2 Å². The van der Waals surface area contributed by atoms with E-state index in [1.54, 1.807) is 12.1 Å². The maximum atomic E-state index is 16.1. The summed E-state index contributed by atoms with van der Waals surface area (Å²) in [4.78, 5) is 7.11. The highest BCUT2D eigenvalue weighted by molar-refractivity contribution is 6.21. The number of nitrogens with zero attached hydrogens (tertiary/aromatic N) is 3. The molecular formula is C83H61F2N3O2. The molecule has 0 unspecified atom stereocenters. The van der Waals surface area contributed by atoms with Crippen molar-refractivity contribution in [3.05, 3.63) is 306 Å². The number of hydrogen-bond donors (Lipinski definition) is 0. The Morgan fingerprint density at radius 2 is 0.678 bits per heavy atom. The van der Waals surface area contributed by atoms with Crippen LogP contribution in [0.25, 0.3) is 76.5 Å². The molecule has 0 N–H and O–H groups in total. The van der Waals surface area contributed by atoms with Crippen LogP contribution in [0, 0.1) is 11.6 Å². The molecule has 0 radical (unpaired) electrons. The highest BCUT2D eigenvalue weighted by atomic mass is 19.1. The predicted octanol–water partition coefficient (Wildman–Crippen LogP) is 23.8. The molecule has 0 saturated heterocycles. The molecule has 2 aromatic heterocycles. The number of fused-ring (bicyclic) bond motifs is 19. The Balaban J connectivity index is 1.04. The number of furan rings is 2. The van der Waals surface area contributed by atoms with Gasteiger partial charge in [0.2, 0.25) is 0 Å². The van der Waals surface area contributed by atoms with Gasteiger partial charge in [-0.25, -0.2) is 8.78 Å². The van der Waals surface area contributed by atoms with Crippen molar-refractivity contribution < 1.29 is 17.6 Å². The molecule has 1 spiro atoms. The molecule has 434 valence electrons. The maximum Gasteiger partial charge on any atom is 0.171 e. The van der Waals surface area contributed by atoms with E-state index in [-0.39, 0.29) is 22.0 Å².